The van der Waals surface area contributed by atoms with E-state index in [9.17, 15) is 9.59 Å². The fraction of sp³-hybridized carbons (Fsp3) is 0.600. The Labute approximate surface area is 129 Å². The van der Waals surface area contributed by atoms with Gasteiger partial charge in [0.15, 0.2) is 11.5 Å². The molecule has 1 rings (SSSR count). The van der Waals surface area contributed by atoms with Gasteiger partial charge in [0.2, 0.25) is 0 Å². The molecule has 6 heteroatoms. The summed E-state index contributed by atoms with van der Waals surface area (Å²) < 4.78 is 5.38. The van der Waals surface area contributed by atoms with Crippen LogP contribution in [0.4, 0.5) is 0 Å². The van der Waals surface area contributed by atoms with Gasteiger partial charge in [-0.15, -0.1) is 11.3 Å². The van der Waals surface area contributed by atoms with E-state index in [4.69, 9.17) is 9.84 Å². The van der Waals surface area contributed by atoms with Gasteiger partial charge in [0.25, 0.3) is 5.91 Å². The lowest BCUT2D eigenvalue weighted by Gasteiger charge is -2.22. The van der Waals surface area contributed by atoms with Gasteiger partial charge in [0.05, 0.1) is 0 Å². The summed E-state index contributed by atoms with van der Waals surface area (Å²) in [6, 6.07) is 1.59. The number of aromatic carboxylic acids is 1. The van der Waals surface area contributed by atoms with Crippen LogP contribution < -0.4 is 4.74 Å². The average Bonchev–Trinajstić information content (AvgIpc) is 2.93. The number of hydrogen-bond acceptors (Lipinski definition) is 4. The minimum Gasteiger partial charge on any atom is -0.482 e. The molecule has 0 saturated carbocycles. The van der Waals surface area contributed by atoms with Gasteiger partial charge < -0.3 is 14.7 Å². The molecule has 0 unspecified atom stereocenters. The van der Waals surface area contributed by atoms with E-state index in [0.29, 0.717) is 0 Å². The minimum absolute atomic E-state index is 0.0839. The molecule has 1 aromatic heterocycles. The number of amides is 1. The summed E-state index contributed by atoms with van der Waals surface area (Å²) in [7, 11) is 0. The highest BCUT2D eigenvalue weighted by atomic mass is 32.1. The third kappa shape index (κ3) is 5.75. The van der Waals surface area contributed by atoms with E-state index in [0.717, 1.165) is 50.1 Å². The molecule has 0 spiro atoms. The summed E-state index contributed by atoms with van der Waals surface area (Å²) in [6.45, 7) is 5.53. The van der Waals surface area contributed by atoms with E-state index >= 15 is 0 Å². The molecule has 0 aromatic carbocycles. The van der Waals surface area contributed by atoms with E-state index in [1.54, 1.807) is 16.3 Å². The zero-order valence-corrected chi connectivity index (χ0v) is 13.4. The van der Waals surface area contributed by atoms with Crippen LogP contribution in [0.2, 0.25) is 0 Å². The van der Waals surface area contributed by atoms with Gasteiger partial charge >= 0.3 is 5.97 Å². The van der Waals surface area contributed by atoms with Crippen LogP contribution in [0.1, 0.15) is 49.2 Å². The first kappa shape index (κ1) is 17.5. The first-order chi connectivity index (χ1) is 10.1. The molecule has 0 aliphatic rings. The fourth-order valence-electron chi connectivity index (χ4n) is 1.86. The predicted molar refractivity (Wildman–Crippen MR) is 83.2 cm³/mol. The third-order valence-electron chi connectivity index (χ3n) is 3.09. The molecular weight excluding hydrogens is 290 g/mol. The number of carboxylic acid groups (broad SMARTS) is 1. The topological polar surface area (TPSA) is 66.8 Å². The summed E-state index contributed by atoms with van der Waals surface area (Å²) in [6.07, 6.45) is 4.00. The highest BCUT2D eigenvalue weighted by molar-refractivity contribution is 7.12. The summed E-state index contributed by atoms with van der Waals surface area (Å²) in [5.41, 5.74) is 0. The van der Waals surface area contributed by atoms with E-state index in [2.05, 4.69) is 13.8 Å². The number of nitrogens with zero attached hydrogens (tertiary/aromatic N) is 1. The molecular formula is C15H23NO4S. The Hall–Kier alpha value is -1.56. The van der Waals surface area contributed by atoms with Crippen LogP contribution >= 0.6 is 11.3 Å². The van der Waals surface area contributed by atoms with Crippen LogP contribution in [-0.4, -0.2) is 41.6 Å². The zero-order chi connectivity index (χ0) is 15.7. The Morgan fingerprint density at radius 1 is 1.24 bits per heavy atom. The van der Waals surface area contributed by atoms with E-state index in [1.165, 1.54) is 0 Å². The number of carbonyl (C=O) groups excluding carboxylic acids is 1. The molecule has 0 aliphatic carbocycles. The molecule has 1 N–H and O–H groups in total. The Morgan fingerprint density at radius 2 is 1.86 bits per heavy atom. The number of unbranched alkanes of at least 4 members (excludes halogenated alkanes) is 2. The second-order valence-corrected chi connectivity index (χ2v) is 5.71. The van der Waals surface area contributed by atoms with Gasteiger partial charge in [0, 0.05) is 13.1 Å². The van der Waals surface area contributed by atoms with E-state index < -0.39 is 5.97 Å². The Kier molecular flexibility index (Phi) is 7.82. The van der Waals surface area contributed by atoms with Crippen molar-refractivity contribution in [3.63, 3.8) is 0 Å². The number of rotatable bonds is 10. The molecule has 1 amide bonds. The summed E-state index contributed by atoms with van der Waals surface area (Å²) in [4.78, 5) is 25.1. The van der Waals surface area contributed by atoms with Crippen LogP contribution in [-0.2, 0) is 4.79 Å². The van der Waals surface area contributed by atoms with Gasteiger partial charge in [-0.05, 0) is 24.3 Å². The van der Waals surface area contributed by atoms with Crippen LogP contribution in [0.25, 0.3) is 0 Å². The SMILES string of the molecule is CCCCN(CCCC)C(=O)COc1ccsc1C(=O)O. The number of hydrogen-bond donors (Lipinski definition) is 1. The van der Waals surface area contributed by atoms with Crippen LogP contribution in [0, 0.1) is 0 Å². The van der Waals surface area contributed by atoms with Gasteiger partial charge in [-0.2, -0.15) is 0 Å². The highest BCUT2D eigenvalue weighted by Gasteiger charge is 2.17. The molecule has 0 bridgehead atoms. The first-order valence-corrected chi connectivity index (χ1v) is 8.19. The molecule has 1 aromatic rings. The summed E-state index contributed by atoms with van der Waals surface area (Å²) in [5.74, 6) is -0.840. The van der Waals surface area contributed by atoms with Crippen molar-refractivity contribution in [1.82, 2.24) is 4.90 Å². The number of carboxylic acids is 1. The number of thiophene rings is 1. The lowest BCUT2D eigenvalue weighted by molar-refractivity contribution is -0.133. The fourth-order valence-corrected chi connectivity index (χ4v) is 2.53. The smallest absolute Gasteiger partial charge is 0.349 e. The quantitative estimate of drug-likeness (QED) is 0.720. The van der Waals surface area contributed by atoms with Crippen molar-refractivity contribution < 1.29 is 19.4 Å². The highest BCUT2D eigenvalue weighted by Crippen LogP contribution is 2.24. The molecule has 0 aliphatic heterocycles. The van der Waals surface area contributed by atoms with Crippen molar-refractivity contribution in [3.05, 3.63) is 16.3 Å². The maximum absolute atomic E-state index is 12.2. The maximum Gasteiger partial charge on any atom is 0.349 e. The second-order valence-electron chi connectivity index (χ2n) is 4.80. The minimum atomic E-state index is -1.03. The normalized spacial score (nSPS) is 10.4. The van der Waals surface area contributed by atoms with Crippen molar-refractivity contribution in [1.29, 1.82) is 0 Å². The lowest BCUT2D eigenvalue weighted by atomic mass is 10.2. The molecule has 0 radical (unpaired) electrons. The van der Waals surface area contributed by atoms with Crippen molar-refractivity contribution >= 4 is 23.2 Å². The van der Waals surface area contributed by atoms with Crippen LogP contribution in [0.5, 0.6) is 5.75 Å². The Bertz CT molecular complexity index is 450. The Morgan fingerprint density at radius 3 is 2.38 bits per heavy atom. The molecule has 5 nitrogen and oxygen atoms in total. The van der Waals surface area contributed by atoms with Crippen LogP contribution in [0.3, 0.4) is 0 Å². The maximum atomic E-state index is 12.2. The van der Waals surface area contributed by atoms with Gasteiger partial charge in [-0.25, -0.2) is 4.79 Å². The van der Waals surface area contributed by atoms with E-state index in [-0.39, 0.29) is 23.1 Å². The molecule has 21 heavy (non-hydrogen) atoms. The van der Waals surface area contributed by atoms with Crippen LogP contribution in [0.15, 0.2) is 11.4 Å². The number of ether oxygens (including phenoxy) is 1. The lowest BCUT2D eigenvalue weighted by Crippen LogP contribution is -2.36. The molecule has 118 valence electrons. The predicted octanol–water partition coefficient (Wildman–Crippen LogP) is 3.25. The average molecular weight is 313 g/mol. The standard InChI is InChI=1S/C15H23NO4S/c1-3-5-8-16(9-6-4-2)13(17)11-20-12-7-10-21-14(12)15(18)19/h7,10H,3-6,8-9,11H2,1-2H3,(H,18,19). The largest absolute Gasteiger partial charge is 0.482 e. The third-order valence-corrected chi connectivity index (χ3v) is 3.97. The zero-order valence-electron chi connectivity index (χ0n) is 12.6. The van der Waals surface area contributed by atoms with Gasteiger partial charge in [0.1, 0.15) is 5.75 Å². The molecule has 0 atom stereocenters. The van der Waals surface area contributed by atoms with Crippen molar-refractivity contribution in [2.75, 3.05) is 19.7 Å². The first-order valence-electron chi connectivity index (χ1n) is 7.31. The van der Waals surface area contributed by atoms with Crippen molar-refractivity contribution in [2.45, 2.75) is 39.5 Å². The number of carbonyl (C=O) groups is 2. The summed E-state index contributed by atoms with van der Waals surface area (Å²) >= 11 is 1.10. The molecule has 1 heterocycles. The van der Waals surface area contributed by atoms with Gasteiger partial charge in [-0.3, -0.25) is 4.79 Å². The second kappa shape index (κ2) is 9.39. The van der Waals surface area contributed by atoms with Crippen molar-refractivity contribution in [2.24, 2.45) is 0 Å². The Balaban J connectivity index is 2.55. The van der Waals surface area contributed by atoms with E-state index in [1.807, 2.05) is 0 Å². The molecule has 0 saturated heterocycles. The molecule has 0 fully saturated rings. The monoisotopic (exact) mass is 313 g/mol. The van der Waals surface area contributed by atoms with Crippen molar-refractivity contribution in [3.8, 4) is 5.75 Å². The summed E-state index contributed by atoms with van der Waals surface area (Å²) in [5, 5.41) is 10.6. The van der Waals surface area contributed by atoms with Gasteiger partial charge in [-0.1, -0.05) is 26.7 Å².